The average molecular weight is 517 g/mol. The van der Waals surface area contributed by atoms with Crippen LogP contribution in [0, 0.1) is 13.8 Å². The molecule has 1 aromatic heterocycles. The van der Waals surface area contributed by atoms with E-state index in [-0.39, 0.29) is 17.6 Å². The van der Waals surface area contributed by atoms with E-state index in [0.29, 0.717) is 28.5 Å². The molecule has 1 N–H and O–H groups in total. The van der Waals surface area contributed by atoms with Gasteiger partial charge in [0.05, 0.1) is 27.8 Å². The summed E-state index contributed by atoms with van der Waals surface area (Å²) < 4.78 is 1.82. The van der Waals surface area contributed by atoms with Crippen LogP contribution in [0.2, 0.25) is 5.02 Å². The molecule has 0 saturated heterocycles. The van der Waals surface area contributed by atoms with Crippen molar-refractivity contribution < 1.29 is 9.59 Å². The second kappa shape index (κ2) is 10.2. The van der Waals surface area contributed by atoms with E-state index in [0.717, 1.165) is 21.8 Å². The van der Waals surface area contributed by atoms with Crippen molar-refractivity contribution in [3.05, 3.63) is 106 Å². The Morgan fingerprint density at radius 1 is 1.03 bits per heavy atom. The highest BCUT2D eigenvalue weighted by Crippen LogP contribution is 2.42. The maximum Gasteiger partial charge on any atom is 0.248 e. The van der Waals surface area contributed by atoms with Gasteiger partial charge in [-0.1, -0.05) is 83.5 Å². The number of carbonyl (C=O) groups excluding carboxylic acids is 2. The molecule has 1 unspecified atom stereocenters. The van der Waals surface area contributed by atoms with Gasteiger partial charge in [-0.3, -0.25) is 14.5 Å². The summed E-state index contributed by atoms with van der Waals surface area (Å²) in [5.41, 5.74) is 4.88. The van der Waals surface area contributed by atoms with E-state index >= 15 is 0 Å². The molecule has 2 amide bonds. The summed E-state index contributed by atoms with van der Waals surface area (Å²) >= 11 is 7.94. The van der Waals surface area contributed by atoms with Crippen LogP contribution in [-0.2, 0) is 16.1 Å². The number of carbonyl (C=O) groups is 2. The summed E-state index contributed by atoms with van der Waals surface area (Å²) in [5.74, 6) is -0.333. The van der Waals surface area contributed by atoms with Crippen molar-refractivity contribution >= 4 is 40.9 Å². The number of anilines is 1. The van der Waals surface area contributed by atoms with E-state index in [1.807, 2.05) is 79.2 Å². The molecular formula is C28H25ClN4O2S. The maximum absolute atomic E-state index is 13.9. The van der Waals surface area contributed by atoms with Crippen molar-refractivity contribution in [3.8, 4) is 5.69 Å². The monoisotopic (exact) mass is 516 g/mol. The van der Waals surface area contributed by atoms with Gasteiger partial charge in [-0.15, -0.1) is 0 Å². The van der Waals surface area contributed by atoms with E-state index in [9.17, 15) is 9.59 Å². The second-order valence-corrected chi connectivity index (χ2v) is 10.0. The van der Waals surface area contributed by atoms with Crippen molar-refractivity contribution in [2.75, 3.05) is 10.7 Å². The van der Waals surface area contributed by atoms with E-state index in [4.69, 9.17) is 16.7 Å². The quantitative estimate of drug-likeness (QED) is 0.373. The van der Waals surface area contributed by atoms with E-state index in [1.54, 1.807) is 18.2 Å². The first-order chi connectivity index (χ1) is 17.4. The smallest absolute Gasteiger partial charge is 0.248 e. The molecule has 5 rings (SSSR count). The number of fused-ring (bicyclic) bond motifs is 1. The van der Waals surface area contributed by atoms with Crippen LogP contribution in [-0.4, -0.2) is 27.3 Å². The summed E-state index contributed by atoms with van der Waals surface area (Å²) in [6, 6.07) is 23.9. The Hall–Kier alpha value is -3.55. The minimum atomic E-state index is -0.926. The number of amides is 2. The zero-order chi connectivity index (χ0) is 25.2. The summed E-state index contributed by atoms with van der Waals surface area (Å²) in [7, 11) is 0. The summed E-state index contributed by atoms with van der Waals surface area (Å²) in [4.78, 5) is 29.0. The Balaban J connectivity index is 1.62. The molecule has 36 heavy (non-hydrogen) atoms. The van der Waals surface area contributed by atoms with Gasteiger partial charge in [0.2, 0.25) is 11.8 Å². The largest absolute Gasteiger partial charge is 0.350 e. The highest BCUT2D eigenvalue weighted by molar-refractivity contribution is 8.00. The molecule has 8 heteroatoms. The van der Waals surface area contributed by atoms with Gasteiger partial charge in [-0.2, -0.15) is 5.10 Å². The first-order valence-electron chi connectivity index (χ1n) is 11.6. The van der Waals surface area contributed by atoms with Crippen molar-refractivity contribution in [2.24, 2.45) is 0 Å². The molecule has 3 aromatic carbocycles. The van der Waals surface area contributed by atoms with E-state index in [1.165, 1.54) is 16.7 Å². The van der Waals surface area contributed by atoms with Crippen LogP contribution in [0.25, 0.3) is 5.69 Å². The predicted octanol–water partition coefficient (Wildman–Crippen LogP) is 5.64. The van der Waals surface area contributed by atoms with Crippen molar-refractivity contribution in [1.29, 1.82) is 0 Å². The Labute approximate surface area is 219 Å². The van der Waals surface area contributed by atoms with Gasteiger partial charge in [0.15, 0.2) is 0 Å². The van der Waals surface area contributed by atoms with Gasteiger partial charge in [-0.05, 0) is 43.7 Å². The number of nitrogens with zero attached hydrogens (tertiary/aromatic N) is 3. The molecule has 1 atom stereocenters. The van der Waals surface area contributed by atoms with Gasteiger partial charge < -0.3 is 5.32 Å². The van der Waals surface area contributed by atoms with Gasteiger partial charge in [0.25, 0.3) is 0 Å². The first-order valence-corrected chi connectivity index (χ1v) is 13.0. The number of aromatic nitrogens is 2. The molecule has 182 valence electrons. The minimum absolute atomic E-state index is 0.151. The normalized spacial score (nSPS) is 15.4. The number of benzene rings is 3. The number of halogens is 1. The van der Waals surface area contributed by atoms with Crippen LogP contribution < -0.4 is 10.2 Å². The fourth-order valence-electron chi connectivity index (χ4n) is 4.35. The van der Waals surface area contributed by atoms with Gasteiger partial charge in [0.1, 0.15) is 11.1 Å². The average Bonchev–Trinajstić information content (AvgIpc) is 3.13. The van der Waals surface area contributed by atoms with Gasteiger partial charge >= 0.3 is 0 Å². The van der Waals surface area contributed by atoms with Crippen LogP contribution in [0.15, 0.2) is 83.9 Å². The lowest BCUT2D eigenvalue weighted by molar-refractivity contribution is -0.126. The Morgan fingerprint density at radius 2 is 1.72 bits per heavy atom. The molecule has 0 spiro atoms. The fourth-order valence-corrected chi connectivity index (χ4v) is 5.66. The molecule has 6 nitrogen and oxygen atoms in total. The molecule has 1 aliphatic heterocycles. The number of hydrogen-bond acceptors (Lipinski definition) is 4. The number of nitrogens with one attached hydrogen (secondary N) is 1. The van der Waals surface area contributed by atoms with Gasteiger partial charge in [0, 0.05) is 12.1 Å². The first kappa shape index (κ1) is 24.2. The van der Waals surface area contributed by atoms with Crippen LogP contribution in [0.1, 0.15) is 28.4 Å². The number of aryl methyl sites for hydroxylation is 2. The lowest BCUT2D eigenvalue weighted by Crippen LogP contribution is -2.44. The Morgan fingerprint density at radius 3 is 2.44 bits per heavy atom. The van der Waals surface area contributed by atoms with Crippen molar-refractivity contribution in [1.82, 2.24) is 15.1 Å². The van der Waals surface area contributed by atoms with E-state index in [2.05, 4.69) is 5.32 Å². The second-order valence-electron chi connectivity index (χ2n) is 8.66. The summed E-state index contributed by atoms with van der Waals surface area (Å²) in [5, 5.41) is 9.02. The number of para-hydroxylation sites is 2. The van der Waals surface area contributed by atoms with Crippen LogP contribution in [0.3, 0.4) is 0 Å². The Bertz CT molecular complexity index is 1420. The maximum atomic E-state index is 13.9. The third-order valence-corrected chi connectivity index (χ3v) is 7.52. The van der Waals surface area contributed by atoms with Crippen LogP contribution in [0.4, 0.5) is 5.69 Å². The predicted molar refractivity (Wildman–Crippen MR) is 144 cm³/mol. The molecule has 0 fully saturated rings. The number of hydrogen-bond donors (Lipinski definition) is 1. The Kier molecular flexibility index (Phi) is 6.85. The van der Waals surface area contributed by atoms with Crippen molar-refractivity contribution in [2.45, 2.75) is 31.5 Å². The SMILES string of the molecule is Cc1ccc(CNC(=O)C2c3c(C)nn(-c4ccccc4)c3SCC(=O)N2c2ccccc2Cl)cc1. The third-order valence-electron chi connectivity index (χ3n) is 6.14. The standard InChI is InChI=1S/C28H25ClN4O2S/c1-18-12-14-20(15-13-18)16-30-27(35)26-25-19(2)31-33(21-8-4-3-5-9-21)28(25)36-17-24(34)32(26)23-11-7-6-10-22(23)29/h3-15,26H,16-17H2,1-2H3,(H,30,35). The third kappa shape index (κ3) is 4.64. The highest BCUT2D eigenvalue weighted by atomic mass is 35.5. The zero-order valence-corrected chi connectivity index (χ0v) is 21.5. The summed E-state index contributed by atoms with van der Waals surface area (Å²) in [6.07, 6.45) is 0. The number of rotatable bonds is 5. The van der Waals surface area contributed by atoms with E-state index < -0.39 is 6.04 Å². The fraction of sp³-hybridized carbons (Fsp3) is 0.179. The van der Waals surface area contributed by atoms with Gasteiger partial charge in [-0.25, -0.2) is 4.68 Å². The molecule has 0 aliphatic carbocycles. The lowest BCUT2D eigenvalue weighted by atomic mass is 10.0. The molecule has 4 aromatic rings. The van der Waals surface area contributed by atoms with Crippen molar-refractivity contribution in [3.63, 3.8) is 0 Å². The molecule has 0 radical (unpaired) electrons. The zero-order valence-electron chi connectivity index (χ0n) is 19.9. The molecule has 0 bridgehead atoms. The highest BCUT2D eigenvalue weighted by Gasteiger charge is 2.41. The molecule has 1 aliphatic rings. The van der Waals surface area contributed by atoms with Crippen LogP contribution >= 0.6 is 23.4 Å². The minimum Gasteiger partial charge on any atom is -0.350 e. The molecule has 0 saturated carbocycles. The molecule has 2 heterocycles. The summed E-state index contributed by atoms with van der Waals surface area (Å²) in [6.45, 7) is 4.24. The lowest BCUT2D eigenvalue weighted by Gasteiger charge is -2.30. The van der Waals surface area contributed by atoms with Crippen LogP contribution in [0.5, 0.6) is 0 Å². The topological polar surface area (TPSA) is 67.2 Å². The molecular weight excluding hydrogens is 492 g/mol. The number of thioether (sulfide) groups is 1.